The number of amides is 1. The largest absolute Gasteiger partial charge is 0.507 e. The maximum atomic E-state index is 12.9. The second kappa shape index (κ2) is 8.93. The van der Waals surface area contributed by atoms with Crippen LogP contribution in [0.3, 0.4) is 0 Å². The SMILES string of the molecule is COc1cc(/C(O)=C2/C(=O)C(=O)N(CCOC(C)C)C2c2ccc(C)o2)ccc1Cl. The summed E-state index contributed by atoms with van der Waals surface area (Å²) in [6.45, 7) is 5.95. The number of rotatable bonds is 7. The van der Waals surface area contributed by atoms with Crippen LogP contribution in [-0.4, -0.2) is 48.1 Å². The van der Waals surface area contributed by atoms with Crippen molar-refractivity contribution in [3.05, 3.63) is 58.0 Å². The van der Waals surface area contributed by atoms with Crippen LogP contribution in [0.25, 0.3) is 5.76 Å². The lowest BCUT2D eigenvalue weighted by Crippen LogP contribution is -2.33. The molecule has 2 heterocycles. The number of aryl methyl sites for hydroxylation is 1. The molecule has 0 spiro atoms. The van der Waals surface area contributed by atoms with Gasteiger partial charge in [0, 0.05) is 12.1 Å². The Hall–Kier alpha value is -2.77. The number of ketones is 1. The number of hydrogen-bond acceptors (Lipinski definition) is 6. The van der Waals surface area contributed by atoms with Gasteiger partial charge in [0.1, 0.15) is 29.1 Å². The Labute approximate surface area is 179 Å². The van der Waals surface area contributed by atoms with E-state index < -0.39 is 17.7 Å². The van der Waals surface area contributed by atoms with Crippen molar-refractivity contribution in [3.8, 4) is 5.75 Å². The summed E-state index contributed by atoms with van der Waals surface area (Å²) >= 11 is 6.06. The summed E-state index contributed by atoms with van der Waals surface area (Å²) in [5.41, 5.74) is 0.254. The van der Waals surface area contributed by atoms with Crippen LogP contribution in [0.4, 0.5) is 0 Å². The number of methoxy groups -OCH3 is 1. The van der Waals surface area contributed by atoms with E-state index in [4.69, 9.17) is 25.5 Å². The van der Waals surface area contributed by atoms with Crippen molar-refractivity contribution in [1.82, 2.24) is 4.90 Å². The van der Waals surface area contributed by atoms with E-state index in [2.05, 4.69) is 0 Å². The maximum absolute atomic E-state index is 12.9. The second-order valence-corrected chi connectivity index (χ2v) is 7.62. The molecular weight excluding hydrogens is 410 g/mol. The van der Waals surface area contributed by atoms with Gasteiger partial charge in [0.25, 0.3) is 11.7 Å². The van der Waals surface area contributed by atoms with Crippen molar-refractivity contribution >= 4 is 29.1 Å². The summed E-state index contributed by atoms with van der Waals surface area (Å²) in [5, 5.41) is 11.4. The molecule has 0 saturated carbocycles. The lowest BCUT2D eigenvalue weighted by atomic mass is 9.99. The third-order valence-corrected chi connectivity index (χ3v) is 5.09. The van der Waals surface area contributed by atoms with Crippen molar-refractivity contribution in [2.75, 3.05) is 20.3 Å². The van der Waals surface area contributed by atoms with E-state index in [9.17, 15) is 14.7 Å². The minimum atomic E-state index is -0.865. The highest BCUT2D eigenvalue weighted by Gasteiger charge is 2.47. The van der Waals surface area contributed by atoms with Crippen LogP contribution in [0, 0.1) is 6.92 Å². The van der Waals surface area contributed by atoms with Crippen LogP contribution < -0.4 is 4.74 Å². The van der Waals surface area contributed by atoms with Crippen LogP contribution in [-0.2, 0) is 14.3 Å². The highest BCUT2D eigenvalue weighted by atomic mass is 35.5. The topological polar surface area (TPSA) is 89.2 Å². The maximum Gasteiger partial charge on any atom is 0.295 e. The molecule has 7 nitrogen and oxygen atoms in total. The third-order valence-electron chi connectivity index (χ3n) is 4.78. The number of carbonyl (C=O) groups is 2. The van der Waals surface area contributed by atoms with Crippen LogP contribution in [0.2, 0.25) is 5.02 Å². The number of aliphatic hydroxyl groups excluding tert-OH is 1. The summed E-state index contributed by atoms with van der Waals surface area (Å²) in [4.78, 5) is 27.0. The first kappa shape index (κ1) is 21.9. The molecule has 1 aliphatic rings. The van der Waals surface area contributed by atoms with E-state index >= 15 is 0 Å². The zero-order valence-corrected chi connectivity index (χ0v) is 18.0. The Bertz CT molecular complexity index is 993. The predicted molar refractivity (Wildman–Crippen MR) is 112 cm³/mol. The van der Waals surface area contributed by atoms with Crippen LogP contribution in [0.15, 0.2) is 40.3 Å². The Morgan fingerprint density at radius 1 is 1.27 bits per heavy atom. The van der Waals surface area contributed by atoms with E-state index in [0.29, 0.717) is 27.9 Å². The Kier molecular flexibility index (Phi) is 6.53. The number of ether oxygens (including phenoxy) is 2. The van der Waals surface area contributed by atoms with Gasteiger partial charge in [-0.05, 0) is 51.1 Å². The zero-order valence-electron chi connectivity index (χ0n) is 17.3. The lowest BCUT2D eigenvalue weighted by molar-refractivity contribution is -0.140. The van der Waals surface area contributed by atoms with Crippen LogP contribution >= 0.6 is 11.6 Å². The molecule has 1 unspecified atom stereocenters. The van der Waals surface area contributed by atoms with Crippen molar-refractivity contribution in [2.24, 2.45) is 0 Å². The third kappa shape index (κ3) is 4.22. The first-order valence-electron chi connectivity index (χ1n) is 9.54. The molecule has 3 rings (SSSR count). The summed E-state index contributed by atoms with van der Waals surface area (Å²) in [6, 6.07) is 7.19. The highest BCUT2D eigenvalue weighted by Crippen LogP contribution is 2.40. The second-order valence-electron chi connectivity index (χ2n) is 7.21. The molecule has 0 aliphatic carbocycles. The molecule has 1 saturated heterocycles. The number of Topliss-reactive ketones (excluding diaryl/α,β-unsaturated/α-hetero) is 1. The minimum Gasteiger partial charge on any atom is -0.507 e. The number of aliphatic hydroxyl groups is 1. The molecule has 1 fully saturated rings. The molecule has 1 amide bonds. The van der Waals surface area contributed by atoms with Gasteiger partial charge in [-0.3, -0.25) is 9.59 Å². The molecule has 1 aromatic carbocycles. The van der Waals surface area contributed by atoms with Crippen LogP contribution in [0.5, 0.6) is 5.75 Å². The van der Waals surface area contributed by atoms with Gasteiger partial charge in [-0.15, -0.1) is 0 Å². The van der Waals surface area contributed by atoms with Gasteiger partial charge in [0.2, 0.25) is 0 Å². The fourth-order valence-electron chi connectivity index (χ4n) is 3.36. The van der Waals surface area contributed by atoms with Crippen molar-refractivity contribution in [3.63, 3.8) is 0 Å². The molecule has 1 aliphatic heterocycles. The van der Waals surface area contributed by atoms with Gasteiger partial charge < -0.3 is 23.9 Å². The minimum absolute atomic E-state index is 0.0207. The van der Waals surface area contributed by atoms with Gasteiger partial charge >= 0.3 is 0 Å². The molecule has 0 radical (unpaired) electrons. The highest BCUT2D eigenvalue weighted by molar-refractivity contribution is 6.46. The van der Waals surface area contributed by atoms with Crippen LogP contribution in [0.1, 0.15) is 37.0 Å². The van der Waals surface area contributed by atoms with E-state index in [1.807, 2.05) is 13.8 Å². The number of hydrogen-bond donors (Lipinski definition) is 1. The predicted octanol–water partition coefficient (Wildman–Crippen LogP) is 4.10. The zero-order chi connectivity index (χ0) is 22.0. The summed E-state index contributed by atoms with van der Waals surface area (Å²) in [7, 11) is 1.45. The first-order chi connectivity index (χ1) is 14.2. The molecule has 1 atom stereocenters. The van der Waals surface area contributed by atoms with Gasteiger partial charge in [-0.1, -0.05) is 11.6 Å². The number of likely N-dealkylation sites (tertiary alicyclic amines) is 1. The van der Waals surface area contributed by atoms with E-state index in [1.54, 1.807) is 31.2 Å². The first-order valence-corrected chi connectivity index (χ1v) is 9.92. The fraction of sp³-hybridized carbons (Fsp3) is 0.364. The number of halogens is 1. The van der Waals surface area contributed by atoms with Crippen molar-refractivity contribution < 1.29 is 28.6 Å². The molecule has 160 valence electrons. The standard InChI is InChI=1S/C22H24ClNO6/c1-12(2)29-10-9-24-19(16-8-5-13(3)30-16)18(21(26)22(24)27)20(25)14-6-7-15(23)17(11-14)28-4/h5-8,11-12,19,25H,9-10H2,1-4H3/b20-18-. The molecule has 0 bridgehead atoms. The number of carbonyl (C=O) groups excluding carboxylic acids is 2. The number of benzene rings is 1. The number of nitrogens with zero attached hydrogens (tertiary/aromatic N) is 1. The van der Waals surface area contributed by atoms with Crippen molar-refractivity contribution in [2.45, 2.75) is 32.9 Å². The van der Waals surface area contributed by atoms with Gasteiger partial charge in [0.05, 0.1) is 30.4 Å². The summed E-state index contributed by atoms with van der Waals surface area (Å²) in [5.74, 6) is -0.477. The van der Waals surface area contributed by atoms with Gasteiger partial charge in [-0.25, -0.2) is 0 Å². The average molecular weight is 434 g/mol. The van der Waals surface area contributed by atoms with Gasteiger partial charge in [-0.2, -0.15) is 0 Å². The quantitative estimate of drug-likeness (QED) is 0.401. The van der Waals surface area contributed by atoms with E-state index in [0.717, 1.165) is 0 Å². The number of furan rings is 1. The van der Waals surface area contributed by atoms with Gasteiger partial charge in [0.15, 0.2) is 0 Å². The molecule has 1 aromatic heterocycles. The Balaban J connectivity index is 2.09. The molecule has 30 heavy (non-hydrogen) atoms. The van der Waals surface area contributed by atoms with E-state index in [-0.39, 0.29) is 30.6 Å². The van der Waals surface area contributed by atoms with Crippen molar-refractivity contribution in [1.29, 1.82) is 0 Å². The summed E-state index contributed by atoms with van der Waals surface area (Å²) < 4.78 is 16.5. The smallest absolute Gasteiger partial charge is 0.295 e. The monoisotopic (exact) mass is 433 g/mol. The molecular formula is C22H24ClNO6. The molecule has 2 aromatic rings. The fourth-order valence-corrected chi connectivity index (χ4v) is 3.55. The Morgan fingerprint density at radius 2 is 2.00 bits per heavy atom. The summed E-state index contributed by atoms with van der Waals surface area (Å²) in [6.07, 6.45) is -0.0207. The average Bonchev–Trinajstić information content (AvgIpc) is 3.23. The molecule has 8 heteroatoms. The Morgan fingerprint density at radius 3 is 2.60 bits per heavy atom. The lowest BCUT2D eigenvalue weighted by Gasteiger charge is -2.23. The normalized spacial score (nSPS) is 18.5. The van der Waals surface area contributed by atoms with E-state index in [1.165, 1.54) is 18.1 Å². The molecule has 1 N–H and O–H groups in total.